The molecule has 1 atom stereocenters. The minimum absolute atomic E-state index is 0.254. The van der Waals surface area contributed by atoms with Crippen LogP contribution < -0.4 is 5.32 Å². The molecule has 0 aromatic carbocycles. The van der Waals surface area contributed by atoms with Gasteiger partial charge in [-0.15, -0.1) is 0 Å². The largest absolute Gasteiger partial charge is 0.459 e. The van der Waals surface area contributed by atoms with Crippen LogP contribution in [0.5, 0.6) is 0 Å². The van der Waals surface area contributed by atoms with Gasteiger partial charge in [0.15, 0.2) is 0 Å². The lowest BCUT2D eigenvalue weighted by Gasteiger charge is -2.27. The van der Waals surface area contributed by atoms with E-state index in [1.165, 1.54) is 0 Å². The topological polar surface area (TPSA) is 47.6 Å². The normalized spacial score (nSPS) is 14.5. The van der Waals surface area contributed by atoms with Crippen LogP contribution >= 0.6 is 0 Å². The summed E-state index contributed by atoms with van der Waals surface area (Å²) in [7, 11) is 0. The Hall–Kier alpha value is -0.610. The third kappa shape index (κ3) is 9.12. The molecule has 0 heterocycles. The highest BCUT2D eigenvalue weighted by Crippen LogP contribution is 2.11. The van der Waals surface area contributed by atoms with Gasteiger partial charge in [0, 0.05) is 0 Å². The fourth-order valence-electron chi connectivity index (χ4n) is 1.16. The van der Waals surface area contributed by atoms with E-state index in [9.17, 15) is 4.79 Å². The molecule has 0 bridgehead atoms. The Bertz CT molecular complexity index is 238. The lowest BCUT2D eigenvalue weighted by atomic mass is 10.1. The molecule has 102 valence electrons. The van der Waals surface area contributed by atoms with Crippen molar-refractivity contribution in [2.24, 2.45) is 0 Å². The van der Waals surface area contributed by atoms with Gasteiger partial charge >= 0.3 is 5.97 Å². The number of rotatable bonds is 5. The molecule has 0 aromatic rings. The first kappa shape index (κ1) is 16.4. The van der Waals surface area contributed by atoms with E-state index in [0.717, 1.165) is 0 Å². The zero-order valence-corrected chi connectivity index (χ0v) is 12.2. The number of carbonyl (C=O) groups is 1. The number of esters is 1. The maximum Gasteiger partial charge on any atom is 0.326 e. The van der Waals surface area contributed by atoms with Crippen LogP contribution in [0.25, 0.3) is 0 Å². The van der Waals surface area contributed by atoms with Gasteiger partial charge in [0.05, 0.1) is 12.2 Å². The highest BCUT2D eigenvalue weighted by atomic mass is 16.6. The van der Waals surface area contributed by atoms with E-state index < -0.39 is 11.6 Å². The third-order valence-corrected chi connectivity index (χ3v) is 1.82. The van der Waals surface area contributed by atoms with Crippen molar-refractivity contribution in [1.82, 2.24) is 5.32 Å². The Balaban J connectivity index is 4.36. The van der Waals surface area contributed by atoms with E-state index in [2.05, 4.69) is 5.32 Å². The molecule has 0 rings (SSSR count). The van der Waals surface area contributed by atoms with Crippen LogP contribution in [0.1, 0.15) is 48.5 Å². The second-order valence-corrected chi connectivity index (χ2v) is 6.07. The first-order valence-electron chi connectivity index (χ1n) is 6.15. The van der Waals surface area contributed by atoms with Gasteiger partial charge in [-0.3, -0.25) is 4.79 Å². The fourth-order valence-corrected chi connectivity index (χ4v) is 1.16. The average molecular weight is 245 g/mol. The van der Waals surface area contributed by atoms with Crippen molar-refractivity contribution in [2.75, 3.05) is 13.2 Å². The summed E-state index contributed by atoms with van der Waals surface area (Å²) in [5.74, 6) is -0.261. The lowest BCUT2D eigenvalue weighted by molar-refractivity contribution is -0.160. The van der Waals surface area contributed by atoms with Gasteiger partial charge in [-0.2, -0.15) is 0 Å². The van der Waals surface area contributed by atoms with Gasteiger partial charge in [0.25, 0.3) is 0 Å². The van der Waals surface area contributed by atoms with E-state index >= 15 is 0 Å². The van der Waals surface area contributed by atoms with Crippen LogP contribution in [0, 0.1) is 0 Å². The predicted molar refractivity (Wildman–Crippen MR) is 69.0 cm³/mol. The fraction of sp³-hybridized carbons (Fsp3) is 0.923. The second-order valence-electron chi connectivity index (χ2n) is 6.07. The van der Waals surface area contributed by atoms with E-state index in [-0.39, 0.29) is 11.6 Å². The van der Waals surface area contributed by atoms with Crippen molar-refractivity contribution in [3.8, 4) is 0 Å². The Morgan fingerprint density at radius 3 is 2.00 bits per heavy atom. The molecule has 17 heavy (non-hydrogen) atoms. The second kappa shape index (κ2) is 6.36. The SMILES string of the molecule is CCNC(COC(C)(C)C)C(=O)OC(C)(C)C. The smallest absolute Gasteiger partial charge is 0.326 e. The molecule has 1 unspecified atom stereocenters. The van der Waals surface area contributed by atoms with Crippen LogP contribution in [0.15, 0.2) is 0 Å². The maximum absolute atomic E-state index is 11.9. The van der Waals surface area contributed by atoms with Gasteiger partial charge in [0.1, 0.15) is 11.6 Å². The lowest BCUT2D eigenvalue weighted by Crippen LogP contribution is -2.45. The van der Waals surface area contributed by atoms with Crippen molar-refractivity contribution >= 4 is 5.97 Å². The molecule has 0 radical (unpaired) electrons. The summed E-state index contributed by atoms with van der Waals surface area (Å²) in [6.45, 7) is 14.5. The van der Waals surface area contributed by atoms with E-state index in [1.54, 1.807) is 0 Å². The van der Waals surface area contributed by atoms with Gasteiger partial charge in [-0.1, -0.05) is 6.92 Å². The Kier molecular flexibility index (Phi) is 6.13. The van der Waals surface area contributed by atoms with Crippen LogP contribution in [0.3, 0.4) is 0 Å². The first-order valence-corrected chi connectivity index (χ1v) is 6.15. The molecule has 1 N–H and O–H groups in total. The van der Waals surface area contributed by atoms with E-state index in [1.807, 2.05) is 48.5 Å². The molecule has 0 aliphatic heterocycles. The number of ether oxygens (including phenoxy) is 2. The number of hydrogen-bond acceptors (Lipinski definition) is 4. The molecule has 0 aliphatic rings. The molecule has 4 heteroatoms. The van der Waals surface area contributed by atoms with Gasteiger partial charge in [-0.05, 0) is 48.1 Å². The predicted octanol–water partition coefficient (Wildman–Crippen LogP) is 2.12. The van der Waals surface area contributed by atoms with Crippen LogP contribution in [0.4, 0.5) is 0 Å². The van der Waals surface area contributed by atoms with Crippen molar-refractivity contribution in [2.45, 2.75) is 65.7 Å². The summed E-state index contributed by atoms with van der Waals surface area (Å²) in [6.07, 6.45) is 0. The number of likely N-dealkylation sites (N-methyl/N-ethyl adjacent to an activating group) is 1. The zero-order valence-electron chi connectivity index (χ0n) is 12.2. The van der Waals surface area contributed by atoms with Crippen molar-refractivity contribution in [1.29, 1.82) is 0 Å². The monoisotopic (exact) mass is 245 g/mol. The molecule has 0 aliphatic carbocycles. The molecular weight excluding hydrogens is 218 g/mol. The van der Waals surface area contributed by atoms with Crippen LogP contribution in [-0.2, 0) is 14.3 Å². The maximum atomic E-state index is 11.9. The summed E-state index contributed by atoms with van der Waals surface area (Å²) in [5.41, 5.74) is -0.720. The molecule has 0 saturated heterocycles. The number of carbonyl (C=O) groups excluding carboxylic acids is 1. The highest BCUT2D eigenvalue weighted by molar-refractivity contribution is 5.76. The van der Waals surface area contributed by atoms with Crippen LogP contribution in [-0.4, -0.2) is 36.4 Å². The van der Waals surface area contributed by atoms with Crippen molar-refractivity contribution in [3.63, 3.8) is 0 Å². The van der Waals surface area contributed by atoms with Crippen molar-refractivity contribution < 1.29 is 14.3 Å². The summed E-state index contributed by atoms with van der Waals surface area (Å²) >= 11 is 0. The first-order chi connectivity index (χ1) is 7.55. The Morgan fingerprint density at radius 2 is 1.65 bits per heavy atom. The molecule has 0 spiro atoms. The van der Waals surface area contributed by atoms with Gasteiger partial charge in [-0.25, -0.2) is 0 Å². The summed E-state index contributed by atoms with van der Waals surface area (Å²) in [6, 6.07) is -0.404. The van der Waals surface area contributed by atoms with Crippen LogP contribution in [0.2, 0.25) is 0 Å². The number of hydrogen-bond donors (Lipinski definition) is 1. The van der Waals surface area contributed by atoms with E-state index in [0.29, 0.717) is 13.2 Å². The van der Waals surface area contributed by atoms with Crippen molar-refractivity contribution in [3.05, 3.63) is 0 Å². The number of nitrogens with one attached hydrogen (secondary N) is 1. The molecular formula is C13H27NO3. The average Bonchev–Trinajstić information content (AvgIpc) is 2.07. The minimum atomic E-state index is -0.466. The minimum Gasteiger partial charge on any atom is -0.459 e. The third-order valence-electron chi connectivity index (χ3n) is 1.82. The van der Waals surface area contributed by atoms with Gasteiger partial charge < -0.3 is 14.8 Å². The molecule has 4 nitrogen and oxygen atoms in total. The summed E-state index contributed by atoms with van der Waals surface area (Å²) in [4.78, 5) is 11.9. The highest BCUT2D eigenvalue weighted by Gasteiger charge is 2.26. The molecule has 0 saturated carbocycles. The molecule has 0 aromatic heterocycles. The van der Waals surface area contributed by atoms with Gasteiger partial charge in [0.2, 0.25) is 0 Å². The molecule has 0 amide bonds. The van der Waals surface area contributed by atoms with E-state index in [4.69, 9.17) is 9.47 Å². The quantitative estimate of drug-likeness (QED) is 0.754. The molecule has 0 fully saturated rings. The Morgan fingerprint density at radius 1 is 1.12 bits per heavy atom. The summed E-state index contributed by atoms with van der Waals surface area (Å²) in [5, 5.41) is 3.08. The standard InChI is InChI=1S/C13H27NO3/c1-8-14-10(9-16-12(2,3)4)11(15)17-13(5,6)7/h10,14H,8-9H2,1-7H3. The summed E-state index contributed by atoms with van der Waals surface area (Å²) < 4.78 is 11.0. The zero-order chi connectivity index (χ0) is 13.7. The Labute approximate surface area is 105 Å².